The molecular weight excluding hydrogens is 290 g/mol. The van der Waals surface area contributed by atoms with E-state index in [1.54, 1.807) is 0 Å². The number of aliphatic hydroxyl groups is 1. The summed E-state index contributed by atoms with van der Waals surface area (Å²) in [5, 5.41) is 9.93. The summed E-state index contributed by atoms with van der Waals surface area (Å²) in [4.78, 5) is 2.35. The summed E-state index contributed by atoms with van der Waals surface area (Å²) in [5.41, 5.74) is 2.18. The van der Waals surface area contributed by atoms with Gasteiger partial charge in [0.25, 0.3) is 0 Å². The quantitative estimate of drug-likeness (QED) is 0.901. The molecular formula is C15H22BrNO. The van der Waals surface area contributed by atoms with Crippen LogP contribution in [0.2, 0.25) is 0 Å². The molecule has 1 N–H and O–H groups in total. The summed E-state index contributed by atoms with van der Waals surface area (Å²) in [6.07, 6.45) is 6.14. The number of halogens is 1. The van der Waals surface area contributed by atoms with Gasteiger partial charge in [-0.3, -0.25) is 0 Å². The number of rotatable bonds is 3. The molecule has 1 aromatic rings. The highest BCUT2D eigenvalue weighted by Crippen LogP contribution is 2.33. The molecule has 1 atom stereocenters. The predicted octanol–water partition coefficient (Wildman–Crippen LogP) is 4.27. The average Bonchev–Trinajstić information content (AvgIpc) is 2.39. The molecule has 1 fully saturated rings. The Bertz CT molecular complexity index is 399. The molecule has 18 heavy (non-hydrogen) atoms. The third-order valence-electron chi connectivity index (χ3n) is 3.94. The highest BCUT2D eigenvalue weighted by Gasteiger charge is 2.21. The van der Waals surface area contributed by atoms with E-state index in [1.807, 2.05) is 13.0 Å². The van der Waals surface area contributed by atoms with E-state index in [4.69, 9.17) is 0 Å². The maximum atomic E-state index is 9.93. The summed E-state index contributed by atoms with van der Waals surface area (Å²) < 4.78 is 1.03. The minimum atomic E-state index is -0.427. The summed E-state index contributed by atoms with van der Waals surface area (Å²) in [6.45, 7) is 1.83. The van der Waals surface area contributed by atoms with Gasteiger partial charge in [0.2, 0.25) is 0 Å². The molecule has 1 unspecified atom stereocenters. The Morgan fingerprint density at radius 1 is 1.28 bits per heavy atom. The van der Waals surface area contributed by atoms with Crippen LogP contribution in [-0.2, 0) is 0 Å². The van der Waals surface area contributed by atoms with Crippen LogP contribution < -0.4 is 4.90 Å². The second kappa shape index (κ2) is 6.07. The molecule has 1 aliphatic carbocycles. The number of hydrogen-bond donors (Lipinski definition) is 1. The molecule has 0 amide bonds. The van der Waals surface area contributed by atoms with E-state index in [9.17, 15) is 5.11 Å². The Balaban J connectivity index is 2.25. The largest absolute Gasteiger partial charge is 0.389 e. The van der Waals surface area contributed by atoms with Crippen molar-refractivity contribution in [2.45, 2.75) is 51.2 Å². The van der Waals surface area contributed by atoms with E-state index in [2.05, 4.69) is 40.0 Å². The van der Waals surface area contributed by atoms with Crippen LogP contribution in [-0.4, -0.2) is 18.2 Å². The minimum absolute atomic E-state index is 0.427. The smallest absolute Gasteiger partial charge is 0.0782 e. The first-order chi connectivity index (χ1) is 8.59. The van der Waals surface area contributed by atoms with Crippen molar-refractivity contribution in [1.29, 1.82) is 0 Å². The van der Waals surface area contributed by atoms with Crippen molar-refractivity contribution in [3.63, 3.8) is 0 Å². The topological polar surface area (TPSA) is 23.5 Å². The second-order valence-electron chi connectivity index (χ2n) is 5.28. The molecule has 1 saturated carbocycles. The van der Waals surface area contributed by atoms with Crippen LogP contribution in [0.5, 0.6) is 0 Å². The molecule has 0 aliphatic heterocycles. The maximum Gasteiger partial charge on any atom is 0.0782 e. The molecule has 2 rings (SSSR count). The fourth-order valence-corrected chi connectivity index (χ4v) is 3.23. The van der Waals surface area contributed by atoms with E-state index in [-0.39, 0.29) is 0 Å². The van der Waals surface area contributed by atoms with Gasteiger partial charge in [-0.25, -0.2) is 0 Å². The SMILES string of the molecule is CC(O)c1cc(Br)ccc1N(C)C1CCCCC1. The molecule has 100 valence electrons. The summed E-state index contributed by atoms with van der Waals surface area (Å²) in [6, 6.07) is 6.82. The van der Waals surface area contributed by atoms with Crippen LogP contribution in [0.4, 0.5) is 5.69 Å². The monoisotopic (exact) mass is 311 g/mol. The fourth-order valence-electron chi connectivity index (χ4n) is 2.85. The van der Waals surface area contributed by atoms with Gasteiger partial charge < -0.3 is 10.0 Å². The van der Waals surface area contributed by atoms with Crippen molar-refractivity contribution >= 4 is 21.6 Å². The van der Waals surface area contributed by atoms with E-state index in [0.29, 0.717) is 6.04 Å². The average molecular weight is 312 g/mol. The second-order valence-corrected chi connectivity index (χ2v) is 6.20. The van der Waals surface area contributed by atoms with Gasteiger partial charge in [0.15, 0.2) is 0 Å². The molecule has 2 nitrogen and oxygen atoms in total. The lowest BCUT2D eigenvalue weighted by molar-refractivity contribution is 0.199. The standard InChI is InChI=1S/C15H22BrNO/c1-11(18)14-10-12(16)8-9-15(14)17(2)13-6-4-3-5-7-13/h8-11,13,18H,3-7H2,1-2H3. The Morgan fingerprint density at radius 2 is 1.94 bits per heavy atom. The Morgan fingerprint density at radius 3 is 2.56 bits per heavy atom. The van der Waals surface area contributed by atoms with Crippen molar-refractivity contribution in [2.24, 2.45) is 0 Å². The van der Waals surface area contributed by atoms with E-state index >= 15 is 0 Å². The Hall–Kier alpha value is -0.540. The molecule has 0 bridgehead atoms. The lowest BCUT2D eigenvalue weighted by Crippen LogP contribution is -2.34. The lowest BCUT2D eigenvalue weighted by atomic mass is 9.93. The molecule has 1 aliphatic rings. The third-order valence-corrected chi connectivity index (χ3v) is 4.44. The molecule has 0 heterocycles. The molecule has 0 aromatic heterocycles. The van der Waals surface area contributed by atoms with Crippen LogP contribution >= 0.6 is 15.9 Å². The number of benzene rings is 1. The summed E-state index contributed by atoms with van der Waals surface area (Å²) >= 11 is 3.48. The van der Waals surface area contributed by atoms with Crippen LogP contribution in [0.25, 0.3) is 0 Å². The van der Waals surface area contributed by atoms with Crippen molar-refractivity contribution in [1.82, 2.24) is 0 Å². The van der Waals surface area contributed by atoms with Gasteiger partial charge in [-0.1, -0.05) is 35.2 Å². The van der Waals surface area contributed by atoms with Gasteiger partial charge in [0.1, 0.15) is 0 Å². The highest BCUT2D eigenvalue weighted by atomic mass is 79.9. The van der Waals surface area contributed by atoms with Crippen molar-refractivity contribution in [3.05, 3.63) is 28.2 Å². The first-order valence-electron chi connectivity index (χ1n) is 6.80. The molecule has 0 radical (unpaired) electrons. The van der Waals surface area contributed by atoms with E-state index in [1.165, 1.54) is 37.8 Å². The van der Waals surface area contributed by atoms with Crippen molar-refractivity contribution in [3.8, 4) is 0 Å². The highest BCUT2D eigenvalue weighted by molar-refractivity contribution is 9.10. The third kappa shape index (κ3) is 3.07. The van der Waals surface area contributed by atoms with Crippen LogP contribution in [0.15, 0.2) is 22.7 Å². The molecule has 3 heteroatoms. The fraction of sp³-hybridized carbons (Fsp3) is 0.600. The zero-order valence-electron chi connectivity index (χ0n) is 11.2. The van der Waals surface area contributed by atoms with E-state index in [0.717, 1.165) is 10.0 Å². The van der Waals surface area contributed by atoms with Crippen LogP contribution in [0.1, 0.15) is 50.7 Å². The van der Waals surface area contributed by atoms with Crippen molar-refractivity contribution in [2.75, 3.05) is 11.9 Å². The molecule has 0 spiro atoms. The minimum Gasteiger partial charge on any atom is -0.389 e. The Kier molecular flexibility index (Phi) is 4.68. The van der Waals surface area contributed by atoms with Gasteiger partial charge in [-0.05, 0) is 38.0 Å². The number of anilines is 1. The molecule has 0 saturated heterocycles. The van der Waals surface area contributed by atoms with Crippen LogP contribution in [0.3, 0.4) is 0 Å². The first-order valence-corrected chi connectivity index (χ1v) is 7.59. The zero-order valence-corrected chi connectivity index (χ0v) is 12.8. The van der Waals surface area contributed by atoms with Crippen molar-refractivity contribution < 1.29 is 5.11 Å². The number of hydrogen-bond acceptors (Lipinski definition) is 2. The van der Waals surface area contributed by atoms with Gasteiger partial charge in [0, 0.05) is 28.8 Å². The van der Waals surface area contributed by atoms with Gasteiger partial charge in [-0.2, -0.15) is 0 Å². The van der Waals surface area contributed by atoms with Crippen LogP contribution in [0, 0.1) is 0 Å². The lowest BCUT2D eigenvalue weighted by Gasteiger charge is -2.34. The van der Waals surface area contributed by atoms with Gasteiger partial charge >= 0.3 is 0 Å². The predicted molar refractivity (Wildman–Crippen MR) is 80.1 cm³/mol. The first kappa shape index (κ1) is 13.9. The number of nitrogens with zero attached hydrogens (tertiary/aromatic N) is 1. The van der Waals surface area contributed by atoms with Gasteiger partial charge in [0.05, 0.1) is 6.10 Å². The normalized spacial score (nSPS) is 18.7. The molecule has 1 aromatic carbocycles. The Labute approximate surface area is 118 Å². The summed E-state index contributed by atoms with van der Waals surface area (Å²) in [7, 11) is 2.16. The van der Waals surface area contributed by atoms with Gasteiger partial charge in [-0.15, -0.1) is 0 Å². The van der Waals surface area contributed by atoms with E-state index < -0.39 is 6.10 Å². The number of aliphatic hydroxyl groups excluding tert-OH is 1. The zero-order chi connectivity index (χ0) is 13.1. The summed E-state index contributed by atoms with van der Waals surface area (Å²) in [5.74, 6) is 0. The maximum absolute atomic E-state index is 9.93.